The highest BCUT2D eigenvalue weighted by Gasteiger charge is 2.29. The van der Waals surface area contributed by atoms with Crippen LogP contribution in [0.3, 0.4) is 0 Å². The first-order chi connectivity index (χ1) is 9.62. The molecule has 1 aromatic rings. The largest absolute Gasteiger partial charge is 0.465 e. The summed E-state index contributed by atoms with van der Waals surface area (Å²) < 4.78 is 9.80. The molecule has 0 aliphatic heterocycles. The molecule has 0 radical (unpaired) electrons. The number of methoxy groups -OCH3 is 2. The van der Waals surface area contributed by atoms with Gasteiger partial charge in [-0.05, 0) is 24.8 Å². The third kappa shape index (κ3) is 2.70. The van der Waals surface area contributed by atoms with E-state index in [4.69, 9.17) is 15.2 Å². The Labute approximate surface area is 121 Å². The number of aryl methyl sites for hydroxylation is 1. The average molecular weight is 298 g/mol. The summed E-state index contributed by atoms with van der Waals surface area (Å²) in [5.41, 5.74) is 6.94. The molecule has 0 aromatic carbocycles. The molecule has 7 heteroatoms. The zero-order chi connectivity index (χ0) is 14.7. The molecule has 20 heavy (non-hydrogen) atoms. The van der Waals surface area contributed by atoms with Gasteiger partial charge in [-0.25, -0.2) is 4.79 Å². The first-order valence-corrected chi connectivity index (χ1v) is 7.20. The topological polar surface area (TPSA) is 90.7 Å². The second kappa shape index (κ2) is 6.34. The number of hydrogen-bond donors (Lipinski definition) is 2. The molecule has 1 unspecified atom stereocenters. The number of fused-ring (bicyclic) bond motifs is 1. The third-order valence-corrected chi connectivity index (χ3v) is 4.55. The molecular formula is C13H18N2O4S. The molecule has 0 bridgehead atoms. The number of nitrogens with one attached hydrogen (secondary N) is 1. The lowest BCUT2D eigenvalue weighted by Crippen LogP contribution is -2.36. The molecule has 110 valence electrons. The van der Waals surface area contributed by atoms with Crippen molar-refractivity contribution in [3.63, 3.8) is 0 Å². The van der Waals surface area contributed by atoms with E-state index in [1.807, 2.05) is 0 Å². The normalized spacial score (nSPS) is 14.8. The summed E-state index contributed by atoms with van der Waals surface area (Å²) in [5, 5.41) is 3.26. The SMILES string of the molecule is COC(=O)c1c(NC(=O)C(CN)OC)sc2c1CCC2. The van der Waals surface area contributed by atoms with Crippen molar-refractivity contribution >= 4 is 28.2 Å². The Morgan fingerprint density at radius 1 is 1.40 bits per heavy atom. The third-order valence-electron chi connectivity index (χ3n) is 3.34. The number of hydrogen-bond acceptors (Lipinski definition) is 6. The van der Waals surface area contributed by atoms with Crippen molar-refractivity contribution in [3.05, 3.63) is 16.0 Å². The molecule has 1 aliphatic rings. The molecule has 1 heterocycles. The first-order valence-electron chi connectivity index (χ1n) is 6.39. The summed E-state index contributed by atoms with van der Waals surface area (Å²) in [6.45, 7) is 0.0843. The summed E-state index contributed by atoms with van der Waals surface area (Å²) in [7, 11) is 2.76. The van der Waals surface area contributed by atoms with E-state index in [1.165, 1.54) is 25.6 Å². The maximum Gasteiger partial charge on any atom is 0.341 e. The van der Waals surface area contributed by atoms with Crippen molar-refractivity contribution in [2.45, 2.75) is 25.4 Å². The van der Waals surface area contributed by atoms with Gasteiger partial charge in [0.05, 0.1) is 12.7 Å². The van der Waals surface area contributed by atoms with Crippen LogP contribution in [0.5, 0.6) is 0 Å². The van der Waals surface area contributed by atoms with Gasteiger partial charge in [0.1, 0.15) is 11.1 Å². The van der Waals surface area contributed by atoms with Crippen molar-refractivity contribution in [1.29, 1.82) is 0 Å². The van der Waals surface area contributed by atoms with Crippen LogP contribution >= 0.6 is 11.3 Å². The number of esters is 1. The number of anilines is 1. The van der Waals surface area contributed by atoms with Gasteiger partial charge in [-0.15, -0.1) is 11.3 Å². The minimum Gasteiger partial charge on any atom is -0.465 e. The number of carbonyl (C=O) groups is 2. The Hall–Kier alpha value is -1.44. The first kappa shape index (κ1) is 15.0. The second-order valence-electron chi connectivity index (χ2n) is 4.50. The Morgan fingerprint density at radius 3 is 2.75 bits per heavy atom. The van der Waals surface area contributed by atoms with Gasteiger partial charge in [-0.2, -0.15) is 0 Å². The molecule has 1 amide bonds. The second-order valence-corrected chi connectivity index (χ2v) is 5.61. The van der Waals surface area contributed by atoms with Crippen LogP contribution in [0.25, 0.3) is 0 Å². The van der Waals surface area contributed by atoms with Crippen molar-refractivity contribution in [3.8, 4) is 0 Å². The van der Waals surface area contributed by atoms with Crippen molar-refractivity contribution < 1.29 is 19.1 Å². The van der Waals surface area contributed by atoms with Crippen molar-refractivity contribution in [2.24, 2.45) is 5.73 Å². The zero-order valence-corrected chi connectivity index (χ0v) is 12.3. The van der Waals surface area contributed by atoms with Gasteiger partial charge in [0.25, 0.3) is 5.91 Å². The molecule has 1 aromatic heterocycles. The van der Waals surface area contributed by atoms with Gasteiger partial charge in [0, 0.05) is 18.5 Å². The Morgan fingerprint density at radius 2 is 2.15 bits per heavy atom. The summed E-state index contributed by atoms with van der Waals surface area (Å²) >= 11 is 1.43. The molecule has 3 N–H and O–H groups in total. The smallest absolute Gasteiger partial charge is 0.341 e. The average Bonchev–Trinajstić information content (AvgIpc) is 2.99. The molecule has 0 saturated heterocycles. The maximum absolute atomic E-state index is 12.0. The molecule has 2 rings (SSSR count). The standard InChI is InChI=1S/C13H18N2O4S/c1-18-8(6-14)11(16)15-12-10(13(17)19-2)7-4-3-5-9(7)20-12/h8H,3-6,14H2,1-2H3,(H,15,16). The number of amides is 1. The zero-order valence-electron chi connectivity index (χ0n) is 11.5. The van der Waals surface area contributed by atoms with Crippen molar-refractivity contribution in [2.75, 3.05) is 26.1 Å². The number of carbonyl (C=O) groups excluding carboxylic acids is 2. The minimum atomic E-state index is -0.725. The van der Waals surface area contributed by atoms with E-state index in [0.29, 0.717) is 10.6 Å². The quantitative estimate of drug-likeness (QED) is 0.789. The van der Waals surface area contributed by atoms with Crippen molar-refractivity contribution in [1.82, 2.24) is 0 Å². The Balaban J connectivity index is 2.28. The monoisotopic (exact) mass is 298 g/mol. The maximum atomic E-state index is 12.0. The lowest BCUT2D eigenvalue weighted by molar-refractivity contribution is -0.125. The lowest BCUT2D eigenvalue weighted by Gasteiger charge is -2.13. The number of thiophene rings is 1. The van der Waals surface area contributed by atoms with Gasteiger partial charge in [-0.1, -0.05) is 0 Å². The Kier molecular flexibility index (Phi) is 4.74. The van der Waals surface area contributed by atoms with E-state index in [-0.39, 0.29) is 12.5 Å². The fraction of sp³-hybridized carbons (Fsp3) is 0.538. The van der Waals surface area contributed by atoms with Crippen LogP contribution in [0, 0.1) is 0 Å². The minimum absolute atomic E-state index is 0.0843. The van der Waals surface area contributed by atoms with E-state index in [2.05, 4.69) is 5.32 Å². The van der Waals surface area contributed by atoms with Crippen LogP contribution in [0.15, 0.2) is 0 Å². The fourth-order valence-corrected chi connectivity index (χ4v) is 3.59. The molecule has 0 spiro atoms. The van der Waals surface area contributed by atoms with Crippen LogP contribution in [0.1, 0.15) is 27.2 Å². The van der Waals surface area contributed by atoms with E-state index in [9.17, 15) is 9.59 Å². The van der Waals surface area contributed by atoms with E-state index < -0.39 is 12.1 Å². The Bertz CT molecular complexity index is 523. The van der Waals surface area contributed by atoms with E-state index >= 15 is 0 Å². The van der Waals surface area contributed by atoms with E-state index in [1.54, 1.807) is 0 Å². The molecule has 0 fully saturated rings. The van der Waals surface area contributed by atoms with Crippen LogP contribution in [0.4, 0.5) is 5.00 Å². The fourth-order valence-electron chi connectivity index (χ4n) is 2.31. The van der Waals surface area contributed by atoms with Gasteiger partial charge in [-0.3, -0.25) is 4.79 Å². The molecule has 0 saturated carbocycles. The molecule has 6 nitrogen and oxygen atoms in total. The summed E-state index contributed by atoms with van der Waals surface area (Å²) in [6, 6.07) is 0. The number of nitrogens with two attached hydrogens (primary N) is 1. The molecule has 1 atom stereocenters. The predicted molar refractivity (Wildman–Crippen MR) is 76.2 cm³/mol. The number of ether oxygens (including phenoxy) is 2. The highest BCUT2D eigenvalue weighted by Crippen LogP contribution is 2.39. The summed E-state index contributed by atoms with van der Waals surface area (Å²) in [5.74, 6) is -0.763. The van der Waals surface area contributed by atoms with Crippen LogP contribution in [-0.4, -0.2) is 38.7 Å². The highest BCUT2D eigenvalue weighted by molar-refractivity contribution is 7.17. The lowest BCUT2D eigenvalue weighted by atomic mass is 10.1. The van der Waals surface area contributed by atoms with Gasteiger partial charge in [0.15, 0.2) is 0 Å². The predicted octanol–water partition coefficient (Wildman–Crippen LogP) is 0.936. The molecule has 1 aliphatic carbocycles. The summed E-state index contributed by atoms with van der Waals surface area (Å²) in [6.07, 6.45) is 2.09. The number of rotatable bonds is 5. The van der Waals surface area contributed by atoms with Gasteiger partial charge in [0.2, 0.25) is 0 Å². The highest BCUT2D eigenvalue weighted by atomic mass is 32.1. The summed E-state index contributed by atoms with van der Waals surface area (Å²) in [4.78, 5) is 25.1. The van der Waals surface area contributed by atoms with Crippen LogP contribution < -0.4 is 11.1 Å². The van der Waals surface area contributed by atoms with Crippen LogP contribution in [0.2, 0.25) is 0 Å². The van der Waals surface area contributed by atoms with Crippen LogP contribution in [-0.2, 0) is 27.1 Å². The molecular weight excluding hydrogens is 280 g/mol. The van der Waals surface area contributed by atoms with E-state index in [0.717, 1.165) is 29.7 Å². The van der Waals surface area contributed by atoms with Gasteiger partial charge < -0.3 is 20.5 Å². The van der Waals surface area contributed by atoms with Gasteiger partial charge >= 0.3 is 5.97 Å².